The first-order chi connectivity index (χ1) is 8.31. The van der Waals surface area contributed by atoms with Gasteiger partial charge < -0.3 is 5.11 Å². The van der Waals surface area contributed by atoms with Gasteiger partial charge >= 0.3 is 0 Å². The Balaban J connectivity index is 1.98. The number of aliphatic hydroxyl groups excluding tert-OH is 1. The number of hydrogen-bond acceptors (Lipinski definition) is 3. The Morgan fingerprint density at radius 1 is 1.41 bits per heavy atom. The molecule has 3 heteroatoms. The van der Waals surface area contributed by atoms with Crippen molar-refractivity contribution in [1.29, 1.82) is 5.26 Å². The van der Waals surface area contributed by atoms with Gasteiger partial charge in [-0.25, -0.2) is 0 Å². The van der Waals surface area contributed by atoms with Gasteiger partial charge in [0.2, 0.25) is 0 Å². The fourth-order valence-electron chi connectivity index (χ4n) is 2.53. The minimum atomic E-state index is -0.508. The van der Waals surface area contributed by atoms with Gasteiger partial charge in [0.05, 0.1) is 18.6 Å². The van der Waals surface area contributed by atoms with Crippen molar-refractivity contribution in [2.75, 3.05) is 6.54 Å². The molecule has 1 aliphatic heterocycles. The van der Waals surface area contributed by atoms with E-state index >= 15 is 0 Å². The lowest BCUT2D eigenvalue weighted by molar-refractivity contribution is 0.0726. The van der Waals surface area contributed by atoms with Gasteiger partial charge in [-0.15, -0.1) is 0 Å². The molecule has 1 heterocycles. The third-order valence-corrected chi connectivity index (χ3v) is 3.39. The first kappa shape index (κ1) is 12.1. The molecule has 90 valence electrons. The van der Waals surface area contributed by atoms with Crippen molar-refractivity contribution < 1.29 is 5.11 Å². The second kappa shape index (κ2) is 5.81. The summed E-state index contributed by atoms with van der Waals surface area (Å²) in [5.41, 5.74) is 1.27. The average molecular weight is 230 g/mol. The van der Waals surface area contributed by atoms with E-state index in [0.29, 0.717) is 0 Å². The van der Waals surface area contributed by atoms with E-state index in [2.05, 4.69) is 23.1 Å². The van der Waals surface area contributed by atoms with Crippen molar-refractivity contribution in [3.8, 4) is 6.07 Å². The molecule has 2 unspecified atom stereocenters. The van der Waals surface area contributed by atoms with Crippen molar-refractivity contribution in [2.24, 2.45) is 0 Å². The first-order valence-corrected chi connectivity index (χ1v) is 6.14. The summed E-state index contributed by atoms with van der Waals surface area (Å²) in [6.07, 6.45) is 1.83. The molecule has 0 spiro atoms. The lowest BCUT2D eigenvalue weighted by atomic mass is 10.1. The van der Waals surface area contributed by atoms with Crippen molar-refractivity contribution in [2.45, 2.75) is 38.0 Å². The largest absolute Gasteiger partial charge is 0.390 e. The molecule has 1 aromatic rings. The SMILES string of the molecule is N#CCC(O)C1CCCN1Cc1ccccc1. The maximum atomic E-state index is 9.93. The smallest absolute Gasteiger partial charge is 0.0825 e. The summed E-state index contributed by atoms with van der Waals surface area (Å²) in [5, 5.41) is 18.6. The van der Waals surface area contributed by atoms with E-state index in [4.69, 9.17) is 5.26 Å². The molecule has 17 heavy (non-hydrogen) atoms. The molecule has 0 aromatic heterocycles. The zero-order chi connectivity index (χ0) is 12.1. The van der Waals surface area contributed by atoms with Gasteiger partial charge in [-0.3, -0.25) is 4.90 Å². The highest BCUT2D eigenvalue weighted by molar-refractivity contribution is 5.15. The van der Waals surface area contributed by atoms with E-state index in [0.717, 1.165) is 25.9 Å². The molecule has 0 bridgehead atoms. The van der Waals surface area contributed by atoms with Gasteiger partial charge in [-0.1, -0.05) is 30.3 Å². The van der Waals surface area contributed by atoms with Crippen LogP contribution in [0.25, 0.3) is 0 Å². The third kappa shape index (κ3) is 3.06. The van der Waals surface area contributed by atoms with Crippen LogP contribution in [0.4, 0.5) is 0 Å². The highest BCUT2D eigenvalue weighted by Crippen LogP contribution is 2.23. The van der Waals surface area contributed by atoms with Crippen LogP contribution in [0, 0.1) is 11.3 Å². The Bertz CT molecular complexity index is 385. The number of benzene rings is 1. The number of likely N-dealkylation sites (tertiary alicyclic amines) is 1. The van der Waals surface area contributed by atoms with Gasteiger partial charge in [-0.05, 0) is 24.9 Å². The average Bonchev–Trinajstić information content (AvgIpc) is 2.79. The zero-order valence-corrected chi connectivity index (χ0v) is 9.92. The fraction of sp³-hybridized carbons (Fsp3) is 0.500. The zero-order valence-electron chi connectivity index (χ0n) is 9.92. The summed E-state index contributed by atoms with van der Waals surface area (Å²) < 4.78 is 0. The van der Waals surface area contributed by atoms with E-state index in [1.165, 1.54) is 5.56 Å². The maximum absolute atomic E-state index is 9.93. The molecular weight excluding hydrogens is 212 g/mol. The van der Waals surface area contributed by atoms with E-state index < -0.39 is 6.10 Å². The monoisotopic (exact) mass is 230 g/mol. The van der Waals surface area contributed by atoms with Gasteiger partial charge in [-0.2, -0.15) is 5.26 Å². The summed E-state index contributed by atoms with van der Waals surface area (Å²) in [6.45, 7) is 1.88. The Kier molecular flexibility index (Phi) is 4.13. The van der Waals surface area contributed by atoms with Gasteiger partial charge in [0.15, 0.2) is 0 Å². The van der Waals surface area contributed by atoms with Crippen molar-refractivity contribution in [3.05, 3.63) is 35.9 Å². The number of nitrogens with zero attached hydrogens (tertiary/aromatic N) is 2. The van der Waals surface area contributed by atoms with Crippen LogP contribution in [0.5, 0.6) is 0 Å². The van der Waals surface area contributed by atoms with Crippen LogP contribution in [-0.4, -0.2) is 28.7 Å². The Morgan fingerprint density at radius 2 is 2.18 bits per heavy atom. The van der Waals surface area contributed by atoms with Crippen LogP contribution in [0.2, 0.25) is 0 Å². The van der Waals surface area contributed by atoms with Crippen LogP contribution < -0.4 is 0 Å². The third-order valence-electron chi connectivity index (χ3n) is 3.39. The van der Waals surface area contributed by atoms with Crippen LogP contribution in [-0.2, 0) is 6.54 Å². The van der Waals surface area contributed by atoms with Crippen LogP contribution in [0.15, 0.2) is 30.3 Å². The Labute approximate surface area is 102 Å². The highest BCUT2D eigenvalue weighted by Gasteiger charge is 2.30. The molecule has 0 saturated carbocycles. The molecule has 2 rings (SSSR count). The molecule has 2 atom stereocenters. The molecule has 0 radical (unpaired) electrons. The van der Waals surface area contributed by atoms with E-state index in [9.17, 15) is 5.11 Å². The Morgan fingerprint density at radius 3 is 2.88 bits per heavy atom. The minimum absolute atomic E-state index is 0.148. The van der Waals surface area contributed by atoms with E-state index in [-0.39, 0.29) is 12.5 Å². The maximum Gasteiger partial charge on any atom is 0.0825 e. The first-order valence-electron chi connectivity index (χ1n) is 6.14. The van der Waals surface area contributed by atoms with Gasteiger partial charge in [0.1, 0.15) is 0 Å². The Hall–Kier alpha value is -1.37. The second-order valence-corrected chi connectivity index (χ2v) is 4.60. The van der Waals surface area contributed by atoms with E-state index in [1.54, 1.807) is 0 Å². The lowest BCUT2D eigenvalue weighted by Gasteiger charge is -2.27. The number of aliphatic hydroxyl groups is 1. The molecule has 1 aliphatic rings. The standard InChI is InChI=1S/C14H18N2O/c15-9-8-14(17)13-7-4-10-16(13)11-12-5-2-1-3-6-12/h1-3,5-6,13-14,17H,4,7-8,10-11H2. The molecular formula is C14H18N2O. The summed E-state index contributed by atoms with van der Waals surface area (Å²) in [4.78, 5) is 2.29. The molecule has 0 amide bonds. The predicted molar refractivity (Wildman–Crippen MR) is 66.1 cm³/mol. The molecule has 1 N–H and O–H groups in total. The summed E-state index contributed by atoms with van der Waals surface area (Å²) >= 11 is 0. The van der Waals surface area contributed by atoms with Gasteiger partial charge in [0.25, 0.3) is 0 Å². The molecule has 1 saturated heterocycles. The van der Waals surface area contributed by atoms with Crippen molar-refractivity contribution in [1.82, 2.24) is 4.90 Å². The van der Waals surface area contributed by atoms with Crippen LogP contribution >= 0.6 is 0 Å². The summed E-state index contributed by atoms with van der Waals surface area (Å²) in [7, 11) is 0. The predicted octanol–water partition coefficient (Wildman–Crippen LogP) is 1.93. The molecule has 1 fully saturated rings. The topological polar surface area (TPSA) is 47.3 Å². The van der Waals surface area contributed by atoms with Crippen molar-refractivity contribution in [3.63, 3.8) is 0 Å². The number of nitriles is 1. The highest BCUT2D eigenvalue weighted by atomic mass is 16.3. The van der Waals surface area contributed by atoms with Crippen molar-refractivity contribution >= 4 is 0 Å². The summed E-state index contributed by atoms with van der Waals surface area (Å²) in [5.74, 6) is 0. The summed E-state index contributed by atoms with van der Waals surface area (Å²) in [6, 6.07) is 12.5. The lowest BCUT2D eigenvalue weighted by Crippen LogP contribution is -2.38. The minimum Gasteiger partial charge on any atom is -0.390 e. The molecule has 1 aromatic carbocycles. The van der Waals surface area contributed by atoms with Crippen LogP contribution in [0.3, 0.4) is 0 Å². The molecule has 3 nitrogen and oxygen atoms in total. The van der Waals surface area contributed by atoms with Crippen LogP contribution in [0.1, 0.15) is 24.8 Å². The second-order valence-electron chi connectivity index (χ2n) is 4.60. The quantitative estimate of drug-likeness (QED) is 0.859. The molecule has 0 aliphatic carbocycles. The normalized spacial score (nSPS) is 22.2. The van der Waals surface area contributed by atoms with E-state index in [1.807, 2.05) is 18.2 Å². The van der Waals surface area contributed by atoms with Gasteiger partial charge in [0, 0.05) is 12.6 Å². The fourth-order valence-corrected chi connectivity index (χ4v) is 2.53. The number of hydrogen-bond donors (Lipinski definition) is 1. The number of rotatable bonds is 4.